The average molecular weight is 712 g/mol. The van der Waals surface area contributed by atoms with Crippen LogP contribution in [0.4, 0.5) is 24.1 Å². The third-order valence-electron chi connectivity index (χ3n) is 6.82. The van der Waals surface area contributed by atoms with Gasteiger partial charge in [-0.1, -0.05) is 50.0 Å². The topological polar surface area (TPSA) is 145 Å². The molecule has 0 saturated carbocycles. The fraction of sp³-hybridized carbons (Fsp3) is 0.500. The van der Waals surface area contributed by atoms with Crippen molar-refractivity contribution in [1.29, 1.82) is 0 Å². The first kappa shape index (κ1) is 41.0. The number of aryl methyl sites for hydroxylation is 1. The van der Waals surface area contributed by atoms with Crippen LogP contribution in [-0.2, 0) is 25.6 Å². The SMILES string of the molecule is CC[C@H](NC(=O)OC(C)(C)C)C(=O)Nc1cc(-c2nnc(C3CN(C(=O)OCc4ccccc4)CC(F)(F)C3)o2)ccc1C.COC.CP.[HH].[HH]. The van der Waals surface area contributed by atoms with E-state index in [1.807, 2.05) is 12.7 Å². The summed E-state index contributed by atoms with van der Waals surface area (Å²) in [5, 5.41) is 13.4. The Kier molecular flexibility index (Phi) is 16.0. The Morgan fingerprint density at radius 1 is 1.12 bits per heavy atom. The Hall–Kier alpha value is -4.16. The highest BCUT2D eigenvalue weighted by Crippen LogP contribution is 2.37. The average Bonchev–Trinajstić information content (AvgIpc) is 3.54. The third-order valence-corrected chi connectivity index (χ3v) is 6.82. The van der Waals surface area contributed by atoms with Gasteiger partial charge in [0.1, 0.15) is 18.2 Å². The van der Waals surface area contributed by atoms with Gasteiger partial charge >= 0.3 is 12.2 Å². The smallest absolute Gasteiger partial charge is 0.410 e. The van der Waals surface area contributed by atoms with Gasteiger partial charge in [0.2, 0.25) is 17.7 Å². The maximum absolute atomic E-state index is 14.7. The van der Waals surface area contributed by atoms with Crippen LogP contribution in [0.3, 0.4) is 0 Å². The number of nitrogens with one attached hydrogen (secondary N) is 2. The number of benzene rings is 2. The number of ether oxygens (including phenoxy) is 3. The van der Waals surface area contributed by atoms with E-state index in [0.717, 1.165) is 16.0 Å². The van der Waals surface area contributed by atoms with Crippen molar-refractivity contribution in [2.45, 2.75) is 77.6 Å². The summed E-state index contributed by atoms with van der Waals surface area (Å²) in [6.07, 6.45) is -1.82. The summed E-state index contributed by atoms with van der Waals surface area (Å²) in [7, 11) is 5.67. The lowest BCUT2D eigenvalue weighted by Crippen LogP contribution is -2.49. The van der Waals surface area contributed by atoms with E-state index in [4.69, 9.17) is 13.9 Å². The highest BCUT2D eigenvalue weighted by molar-refractivity contribution is 7.15. The van der Waals surface area contributed by atoms with Crippen LogP contribution in [-0.4, -0.2) is 84.7 Å². The minimum Gasteiger partial charge on any atom is -0.445 e. The van der Waals surface area contributed by atoms with Crippen LogP contribution in [0, 0.1) is 6.92 Å². The monoisotopic (exact) mass is 711 g/mol. The Morgan fingerprint density at radius 3 is 2.39 bits per heavy atom. The summed E-state index contributed by atoms with van der Waals surface area (Å²) >= 11 is 0. The molecule has 2 unspecified atom stereocenters. The van der Waals surface area contributed by atoms with Gasteiger partial charge in [-0.3, -0.25) is 4.79 Å². The van der Waals surface area contributed by atoms with Crippen LogP contribution in [0.5, 0.6) is 0 Å². The minimum absolute atomic E-state index is 0. The number of halogens is 2. The molecule has 0 bridgehead atoms. The second kappa shape index (κ2) is 19.1. The number of carbonyl (C=O) groups is 3. The van der Waals surface area contributed by atoms with Crippen LogP contribution in [0.15, 0.2) is 52.9 Å². The van der Waals surface area contributed by atoms with E-state index in [1.165, 1.54) is 0 Å². The molecule has 1 aromatic heterocycles. The lowest BCUT2D eigenvalue weighted by atomic mass is 9.95. The summed E-state index contributed by atoms with van der Waals surface area (Å²) in [4.78, 5) is 38.8. The van der Waals surface area contributed by atoms with E-state index in [9.17, 15) is 23.2 Å². The molecule has 4 rings (SSSR count). The number of piperidine rings is 1. The predicted octanol–water partition coefficient (Wildman–Crippen LogP) is 7.29. The molecular weight excluding hydrogens is 659 g/mol. The van der Waals surface area contributed by atoms with E-state index in [2.05, 4.69) is 34.8 Å². The molecule has 1 aliphatic rings. The standard InChI is InChI=1S/C31H37F2N5O6.C2H6O.CH5P.2H2/c1-6-23(35-28(40)44-30(3,4)5)25(39)34-24-14-21(13-12-19(24)2)26-36-37-27(43-26)22-15-31(32,33)18-38(16-22)29(41)42-17-20-10-8-7-9-11-20;1-3-2;1-2;;/h7-14,22-23H,6,15-18H2,1-5H3,(H,34,39)(H,35,40);1-2H3;2H2,1H3;2*1H/t22?,23-;;;;/m0..../s1. The quantitative estimate of drug-likeness (QED) is 0.230. The number of methoxy groups -OCH3 is 1. The zero-order valence-electron chi connectivity index (χ0n) is 29.3. The molecule has 49 heavy (non-hydrogen) atoms. The molecule has 15 heteroatoms. The van der Waals surface area contributed by atoms with Crippen LogP contribution in [0.1, 0.15) is 66.3 Å². The number of alkyl halides is 2. The first-order chi connectivity index (χ1) is 23.1. The molecule has 2 aromatic carbocycles. The van der Waals surface area contributed by atoms with Crippen molar-refractivity contribution in [3.05, 3.63) is 65.5 Å². The Morgan fingerprint density at radius 2 is 1.78 bits per heavy atom. The van der Waals surface area contributed by atoms with Gasteiger partial charge in [0.25, 0.3) is 5.92 Å². The maximum Gasteiger partial charge on any atom is 0.410 e. The van der Waals surface area contributed by atoms with Crippen molar-refractivity contribution in [2.24, 2.45) is 0 Å². The normalized spacial score (nSPS) is 15.7. The molecule has 3 atom stereocenters. The van der Waals surface area contributed by atoms with Crippen LogP contribution >= 0.6 is 9.24 Å². The molecule has 0 aliphatic carbocycles. The van der Waals surface area contributed by atoms with Gasteiger partial charge < -0.3 is 34.2 Å². The van der Waals surface area contributed by atoms with E-state index in [1.54, 1.807) is 91.3 Å². The molecule has 274 valence electrons. The van der Waals surface area contributed by atoms with Gasteiger partial charge in [-0.2, -0.15) is 0 Å². The second-order valence-electron chi connectivity index (χ2n) is 12.2. The van der Waals surface area contributed by atoms with Crippen molar-refractivity contribution < 1.29 is 44.6 Å². The number of alkyl carbamates (subject to hydrolysis) is 1. The molecule has 2 N–H and O–H groups in total. The van der Waals surface area contributed by atoms with E-state index >= 15 is 0 Å². The first-order valence-corrected chi connectivity index (χ1v) is 16.9. The molecule has 1 fully saturated rings. The zero-order chi connectivity index (χ0) is 36.8. The van der Waals surface area contributed by atoms with Crippen molar-refractivity contribution in [3.8, 4) is 11.5 Å². The number of amides is 3. The van der Waals surface area contributed by atoms with E-state index in [-0.39, 0.29) is 27.8 Å². The third kappa shape index (κ3) is 13.3. The molecule has 1 aliphatic heterocycles. The number of aromatic nitrogens is 2. The Balaban J connectivity index is 0.00000339. The molecule has 3 amide bonds. The van der Waals surface area contributed by atoms with Crippen molar-refractivity contribution in [1.82, 2.24) is 20.4 Å². The minimum atomic E-state index is -3.19. The first-order valence-electron chi connectivity index (χ1n) is 15.7. The molecule has 2 heterocycles. The number of hydrogen-bond donors (Lipinski definition) is 2. The van der Waals surface area contributed by atoms with E-state index in [0.29, 0.717) is 17.7 Å². The number of hydrogen-bond acceptors (Lipinski definition) is 9. The second-order valence-corrected chi connectivity index (χ2v) is 12.2. The van der Waals surface area contributed by atoms with Gasteiger partial charge in [0.15, 0.2) is 0 Å². The Bertz CT molecular complexity index is 1510. The highest BCUT2D eigenvalue weighted by Gasteiger charge is 2.45. The zero-order valence-corrected chi connectivity index (χ0v) is 30.5. The molecule has 0 spiro atoms. The molecular formula is C34H52F2N5O7P. The summed E-state index contributed by atoms with van der Waals surface area (Å²) in [6.45, 7) is 9.73. The number of rotatable bonds is 8. The number of nitrogens with zero attached hydrogens (tertiary/aromatic N) is 3. The van der Waals surface area contributed by atoms with Gasteiger partial charge in [0, 0.05) is 41.3 Å². The lowest BCUT2D eigenvalue weighted by molar-refractivity contribution is -0.118. The summed E-state index contributed by atoms with van der Waals surface area (Å²) < 4.78 is 50.0. The van der Waals surface area contributed by atoms with Crippen molar-refractivity contribution >= 4 is 33.0 Å². The predicted molar refractivity (Wildman–Crippen MR) is 190 cm³/mol. The molecule has 12 nitrogen and oxygen atoms in total. The maximum atomic E-state index is 14.7. The van der Waals surface area contributed by atoms with Gasteiger partial charge in [-0.15, -0.1) is 19.4 Å². The molecule has 3 aromatic rings. The van der Waals surface area contributed by atoms with Gasteiger partial charge in [-0.25, -0.2) is 18.4 Å². The lowest BCUT2D eigenvalue weighted by Gasteiger charge is -2.35. The summed E-state index contributed by atoms with van der Waals surface area (Å²) in [5.74, 6) is -4.54. The highest BCUT2D eigenvalue weighted by atomic mass is 31.0. The largest absolute Gasteiger partial charge is 0.445 e. The van der Waals surface area contributed by atoms with Crippen molar-refractivity contribution in [3.63, 3.8) is 0 Å². The van der Waals surface area contributed by atoms with E-state index < -0.39 is 54.5 Å². The molecule has 0 radical (unpaired) electrons. The number of anilines is 1. The number of likely N-dealkylation sites (tertiary alicyclic amines) is 1. The van der Waals surface area contributed by atoms with Gasteiger partial charge in [0.05, 0.1) is 12.5 Å². The molecule has 1 saturated heterocycles. The Labute approximate surface area is 291 Å². The fourth-order valence-corrected chi connectivity index (χ4v) is 4.64. The fourth-order valence-electron chi connectivity index (χ4n) is 4.64. The van der Waals surface area contributed by atoms with Crippen LogP contribution in [0.2, 0.25) is 0 Å². The summed E-state index contributed by atoms with van der Waals surface area (Å²) in [6, 6.07) is 13.1. The van der Waals surface area contributed by atoms with Gasteiger partial charge in [-0.05, 0) is 57.4 Å². The van der Waals surface area contributed by atoms with Crippen molar-refractivity contribution in [2.75, 3.05) is 39.3 Å². The number of carbonyl (C=O) groups excluding carboxylic acids is 3. The summed E-state index contributed by atoms with van der Waals surface area (Å²) in [5.41, 5.74) is 1.63. The van der Waals surface area contributed by atoms with Crippen LogP contribution < -0.4 is 10.6 Å². The van der Waals surface area contributed by atoms with Crippen LogP contribution in [0.25, 0.3) is 11.5 Å².